The Morgan fingerprint density at radius 3 is 2.44 bits per heavy atom. The van der Waals surface area contributed by atoms with E-state index in [-0.39, 0.29) is 16.5 Å². The highest BCUT2D eigenvalue weighted by Gasteiger charge is 2.19. The van der Waals surface area contributed by atoms with Gasteiger partial charge in [-0.2, -0.15) is 0 Å². The second-order valence-electron chi connectivity index (χ2n) is 5.29. The average molecular weight is 413 g/mol. The normalized spacial score (nSPS) is 11.4. The van der Waals surface area contributed by atoms with E-state index in [1.54, 1.807) is 6.07 Å². The Balaban J connectivity index is 1.83. The van der Waals surface area contributed by atoms with Crippen LogP contribution in [0.3, 0.4) is 0 Å². The largest absolute Gasteiger partial charge is 0.482 e. The van der Waals surface area contributed by atoms with Crippen molar-refractivity contribution in [2.24, 2.45) is 0 Å². The van der Waals surface area contributed by atoms with E-state index in [9.17, 15) is 19.7 Å². The van der Waals surface area contributed by atoms with Crippen molar-refractivity contribution in [1.82, 2.24) is 0 Å². The number of ether oxygens (including phenoxy) is 2. The first kappa shape index (κ1) is 20.5. The lowest BCUT2D eigenvalue weighted by molar-refractivity contribution is -0.384. The van der Waals surface area contributed by atoms with E-state index in [0.29, 0.717) is 10.7 Å². The molecule has 0 aromatic heterocycles. The molecule has 1 N–H and O–H groups in total. The topological polar surface area (TPSA) is 108 Å². The summed E-state index contributed by atoms with van der Waals surface area (Å²) >= 11 is 11.7. The van der Waals surface area contributed by atoms with Gasteiger partial charge in [-0.3, -0.25) is 14.9 Å². The standard InChI is InChI=1S/C17H14Cl2N2O6/c1-10(17(23)20-15-7-2-11(18)8-14(15)19)27-16(22)9-26-13-5-3-12(4-6-13)21(24)25/h2-8,10H,9H2,1H3,(H,20,23)/t10-/m1/s1. The summed E-state index contributed by atoms with van der Waals surface area (Å²) in [6, 6.07) is 9.73. The average Bonchev–Trinajstić information content (AvgIpc) is 2.62. The summed E-state index contributed by atoms with van der Waals surface area (Å²) in [6.45, 7) is 0.931. The number of esters is 1. The number of non-ortho nitro benzene ring substituents is 1. The fraction of sp³-hybridized carbons (Fsp3) is 0.176. The van der Waals surface area contributed by atoms with E-state index in [1.165, 1.54) is 43.3 Å². The van der Waals surface area contributed by atoms with E-state index in [1.807, 2.05) is 0 Å². The molecule has 0 saturated heterocycles. The maximum atomic E-state index is 12.1. The van der Waals surface area contributed by atoms with Crippen molar-refractivity contribution in [3.8, 4) is 5.75 Å². The van der Waals surface area contributed by atoms with Crippen molar-refractivity contribution in [3.05, 3.63) is 62.6 Å². The van der Waals surface area contributed by atoms with Crippen molar-refractivity contribution >= 4 is 46.5 Å². The lowest BCUT2D eigenvalue weighted by atomic mass is 10.3. The molecule has 0 spiro atoms. The van der Waals surface area contributed by atoms with Crippen LogP contribution in [-0.2, 0) is 14.3 Å². The molecule has 0 saturated carbocycles. The van der Waals surface area contributed by atoms with Gasteiger partial charge >= 0.3 is 5.97 Å². The molecular weight excluding hydrogens is 399 g/mol. The van der Waals surface area contributed by atoms with Gasteiger partial charge < -0.3 is 14.8 Å². The summed E-state index contributed by atoms with van der Waals surface area (Å²) in [4.78, 5) is 33.9. The Hall–Kier alpha value is -2.84. The molecule has 2 rings (SSSR count). The molecule has 10 heteroatoms. The molecular formula is C17H14Cl2N2O6. The van der Waals surface area contributed by atoms with Crippen LogP contribution in [0.2, 0.25) is 10.0 Å². The molecule has 0 heterocycles. The number of carbonyl (C=O) groups is 2. The highest BCUT2D eigenvalue weighted by molar-refractivity contribution is 6.36. The van der Waals surface area contributed by atoms with Crippen molar-refractivity contribution < 1.29 is 24.0 Å². The van der Waals surface area contributed by atoms with Gasteiger partial charge in [0.2, 0.25) is 0 Å². The van der Waals surface area contributed by atoms with Crippen molar-refractivity contribution in [2.45, 2.75) is 13.0 Å². The molecule has 0 aliphatic heterocycles. The van der Waals surface area contributed by atoms with Gasteiger partial charge in [0.25, 0.3) is 11.6 Å². The van der Waals surface area contributed by atoms with E-state index < -0.39 is 29.5 Å². The summed E-state index contributed by atoms with van der Waals surface area (Å²) < 4.78 is 10.1. The molecule has 0 bridgehead atoms. The Bertz CT molecular complexity index is 857. The van der Waals surface area contributed by atoms with Crippen LogP contribution in [0.4, 0.5) is 11.4 Å². The molecule has 2 aromatic carbocycles. The smallest absolute Gasteiger partial charge is 0.344 e. The van der Waals surface area contributed by atoms with Crippen LogP contribution in [0.25, 0.3) is 0 Å². The fourth-order valence-corrected chi connectivity index (χ4v) is 2.37. The van der Waals surface area contributed by atoms with E-state index in [4.69, 9.17) is 32.7 Å². The number of rotatable bonds is 7. The van der Waals surface area contributed by atoms with Gasteiger partial charge in [-0.15, -0.1) is 0 Å². The summed E-state index contributed by atoms with van der Waals surface area (Å²) in [5, 5.41) is 13.8. The summed E-state index contributed by atoms with van der Waals surface area (Å²) in [5.74, 6) is -1.11. The number of halogens is 2. The van der Waals surface area contributed by atoms with Gasteiger partial charge in [-0.25, -0.2) is 4.79 Å². The Morgan fingerprint density at radius 2 is 1.85 bits per heavy atom. The van der Waals surface area contributed by atoms with Crippen LogP contribution in [-0.4, -0.2) is 29.5 Å². The molecule has 1 amide bonds. The lowest BCUT2D eigenvalue weighted by Crippen LogP contribution is -2.31. The second-order valence-corrected chi connectivity index (χ2v) is 6.13. The Labute approximate surface area is 164 Å². The number of nitrogens with one attached hydrogen (secondary N) is 1. The molecule has 0 fully saturated rings. The van der Waals surface area contributed by atoms with Gasteiger partial charge in [0, 0.05) is 17.2 Å². The van der Waals surface area contributed by atoms with Crippen LogP contribution >= 0.6 is 23.2 Å². The monoisotopic (exact) mass is 412 g/mol. The third-order valence-corrected chi connectivity index (χ3v) is 3.82. The van der Waals surface area contributed by atoms with Crippen LogP contribution in [0.15, 0.2) is 42.5 Å². The number of nitro groups is 1. The predicted molar refractivity (Wildman–Crippen MR) is 99.2 cm³/mol. The number of nitrogens with zero attached hydrogens (tertiary/aromatic N) is 1. The van der Waals surface area contributed by atoms with Gasteiger partial charge in [0.1, 0.15) is 5.75 Å². The quantitative estimate of drug-likeness (QED) is 0.420. The SMILES string of the molecule is C[C@@H](OC(=O)COc1ccc([N+](=O)[O-])cc1)C(=O)Nc1ccc(Cl)cc1Cl. The molecule has 0 radical (unpaired) electrons. The van der Waals surface area contributed by atoms with Crippen LogP contribution in [0, 0.1) is 10.1 Å². The summed E-state index contributed by atoms with van der Waals surface area (Å²) in [5.41, 5.74) is 0.229. The number of carbonyl (C=O) groups excluding carboxylic acids is 2. The predicted octanol–water partition coefficient (Wildman–Crippen LogP) is 3.85. The first-order valence-electron chi connectivity index (χ1n) is 7.59. The number of hydrogen-bond acceptors (Lipinski definition) is 6. The van der Waals surface area contributed by atoms with Crippen LogP contribution in [0.1, 0.15) is 6.92 Å². The molecule has 0 aliphatic rings. The Morgan fingerprint density at radius 1 is 1.19 bits per heavy atom. The van der Waals surface area contributed by atoms with Gasteiger partial charge in [0.05, 0.1) is 15.6 Å². The Kier molecular flexibility index (Phi) is 6.98. The van der Waals surface area contributed by atoms with E-state index >= 15 is 0 Å². The number of benzene rings is 2. The van der Waals surface area contributed by atoms with E-state index in [0.717, 1.165) is 0 Å². The van der Waals surface area contributed by atoms with Gasteiger partial charge in [-0.1, -0.05) is 23.2 Å². The van der Waals surface area contributed by atoms with Gasteiger partial charge in [0.15, 0.2) is 12.7 Å². The highest BCUT2D eigenvalue weighted by Crippen LogP contribution is 2.25. The van der Waals surface area contributed by atoms with Crippen LogP contribution in [0.5, 0.6) is 5.75 Å². The molecule has 0 unspecified atom stereocenters. The second kappa shape index (κ2) is 9.20. The first-order valence-corrected chi connectivity index (χ1v) is 8.34. The first-order chi connectivity index (χ1) is 12.8. The van der Waals surface area contributed by atoms with Crippen molar-refractivity contribution in [2.75, 3.05) is 11.9 Å². The lowest BCUT2D eigenvalue weighted by Gasteiger charge is -2.14. The molecule has 0 aliphatic carbocycles. The highest BCUT2D eigenvalue weighted by atomic mass is 35.5. The van der Waals surface area contributed by atoms with Crippen LogP contribution < -0.4 is 10.1 Å². The zero-order valence-electron chi connectivity index (χ0n) is 14.0. The maximum absolute atomic E-state index is 12.1. The fourth-order valence-electron chi connectivity index (χ4n) is 1.92. The van der Waals surface area contributed by atoms with Crippen molar-refractivity contribution in [1.29, 1.82) is 0 Å². The zero-order chi connectivity index (χ0) is 20.0. The minimum Gasteiger partial charge on any atom is -0.482 e. The third-order valence-electron chi connectivity index (χ3n) is 3.27. The molecule has 2 aromatic rings. The number of nitro benzene ring substituents is 1. The number of amides is 1. The molecule has 8 nitrogen and oxygen atoms in total. The third kappa shape index (κ3) is 6.12. The minimum atomic E-state index is -1.09. The molecule has 1 atom stereocenters. The summed E-state index contributed by atoms with van der Waals surface area (Å²) in [7, 11) is 0. The van der Waals surface area contributed by atoms with Crippen molar-refractivity contribution in [3.63, 3.8) is 0 Å². The maximum Gasteiger partial charge on any atom is 0.344 e. The summed E-state index contributed by atoms with van der Waals surface area (Å²) in [6.07, 6.45) is -1.09. The molecule has 142 valence electrons. The van der Waals surface area contributed by atoms with Gasteiger partial charge in [-0.05, 0) is 37.3 Å². The number of anilines is 1. The molecule has 27 heavy (non-hydrogen) atoms. The number of hydrogen-bond donors (Lipinski definition) is 1. The van der Waals surface area contributed by atoms with E-state index in [2.05, 4.69) is 5.32 Å². The zero-order valence-corrected chi connectivity index (χ0v) is 15.5. The minimum absolute atomic E-state index is 0.101.